The minimum absolute atomic E-state index is 0.0449. The van der Waals surface area contributed by atoms with Gasteiger partial charge in [0.05, 0.1) is 11.7 Å². The highest BCUT2D eigenvalue weighted by molar-refractivity contribution is 6.30. The molecule has 2 aliphatic heterocycles. The number of rotatable bonds is 3. The molecule has 1 aliphatic carbocycles. The fourth-order valence-corrected chi connectivity index (χ4v) is 5.07. The third kappa shape index (κ3) is 3.59. The lowest BCUT2D eigenvalue weighted by atomic mass is 9.89. The average molecular weight is 420 g/mol. The van der Waals surface area contributed by atoms with Gasteiger partial charge < -0.3 is 14.8 Å². The Morgan fingerprint density at radius 3 is 2.52 bits per heavy atom. The summed E-state index contributed by atoms with van der Waals surface area (Å²) in [7, 11) is 0. The first-order valence-electron chi connectivity index (χ1n) is 10.5. The van der Waals surface area contributed by atoms with E-state index in [-0.39, 0.29) is 28.7 Å². The van der Waals surface area contributed by atoms with Crippen molar-refractivity contribution >= 4 is 11.6 Å². The maximum atomic E-state index is 14.7. The lowest BCUT2D eigenvalue weighted by Crippen LogP contribution is -2.37. The van der Waals surface area contributed by atoms with Gasteiger partial charge >= 0.3 is 0 Å². The van der Waals surface area contributed by atoms with E-state index < -0.39 is 11.6 Å². The molecule has 3 aliphatic rings. The van der Waals surface area contributed by atoms with Crippen LogP contribution in [0.25, 0.3) is 11.1 Å². The molecule has 0 unspecified atom stereocenters. The second-order valence-electron chi connectivity index (χ2n) is 8.27. The van der Waals surface area contributed by atoms with Crippen LogP contribution in [0.2, 0.25) is 5.02 Å². The van der Waals surface area contributed by atoms with E-state index in [2.05, 4.69) is 5.32 Å². The van der Waals surface area contributed by atoms with Crippen LogP contribution in [0.5, 0.6) is 11.5 Å². The fraction of sp³-hybridized carbons (Fsp3) is 0.478. The zero-order valence-electron chi connectivity index (χ0n) is 16.1. The molecule has 2 aromatic rings. The Kier molecular flexibility index (Phi) is 5.12. The van der Waals surface area contributed by atoms with E-state index in [4.69, 9.17) is 21.1 Å². The number of piperidine rings is 1. The van der Waals surface area contributed by atoms with Crippen LogP contribution in [0.15, 0.2) is 24.3 Å². The summed E-state index contributed by atoms with van der Waals surface area (Å²) in [5.41, 5.74) is 1.37. The van der Waals surface area contributed by atoms with Crippen LogP contribution in [-0.2, 0) is 0 Å². The number of nitrogens with one attached hydrogen (secondary N) is 1. The number of halogens is 3. The SMILES string of the molecule is Fc1cc(Cl)cc(F)c1-c1cc(OC2CCCCC2)c2c(c1)[C@@H]1CNCC[C@@H]1O2. The largest absolute Gasteiger partial charge is 0.487 e. The first kappa shape index (κ1) is 19.1. The van der Waals surface area contributed by atoms with Gasteiger partial charge in [-0.1, -0.05) is 18.0 Å². The zero-order valence-corrected chi connectivity index (χ0v) is 16.9. The molecule has 0 radical (unpaired) electrons. The summed E-state index contributed by atoms with van der Waals surface area (Å²) in [5, 5.41) is 3.45. The Bertz CT molecular complexity index is 906. The lowest BCUT2D eigenvalue weighted by molar-refractivity contribution is 0.134. The lowest BCUT2D eigenvalue weighted by Gasteiger charge is -2.25. The van der Waals surface area contributed by atoms with Crippen molar-refractivity contribution in [1.82, 2.24) is 5.32 Å². The van der Waals surface area contributed by atoms with Crippen molar-refractivity contribution in [3.63, 3.8) is 0 Å². The Hall–Kier alpha value is -1.85. The molecule has 5 rings (SSSR count). The zero-order chi connectivity index (χ0) is 20.0. The van der Waals surface area contributed by atoms with Crippen LogP contribution in [0.1, 0.15) is 50.0 Å². The molecule has 2 fully saturated rings. The Morgan fingerprint density at radius 2 is 1.76 bits per heavy atom. The Labute approximate surface area is 174 Å². The van der Waals surface area contributed by atoms with E-state index in [9.17, 15) is 8.78 Å². The standard InChI is InChI=1S/C23H24ClF2NO2/c24-14-10-18(25)22(19(26)11-14)13-8-16-17-12-27-7-6-20(17)29-23(16)21(9-13)28-15-4-2-1-3-5-15/h8-11,15,17,20,27H,1-7,12H2/t17-,20-/m0/s1. The minimum atomic E-state index is -0.671. The van der Waals surface area contributed by atoms with E-state index >= 15 is 0 Å². The van der Waals surface area contributed by atoms with Crippen molar-refractivity contribution in [2.24, 2.45) is 0 Å². The van der Waals surface area contributed by atoms with Crippen molar-refractivity contribution in [1.29, 1.82) is 0 Å². The van der Waals surface area contributed by atoms with E-state index in [1.54, 1.807) is 6.07 Å². The normalized spacial score (nSPS) is 24.0. The number of fused-ring (bicyclic) bond motifs is 3. The Balaban J connectivity index is 1.60. The van der Waals surface area contributed by atoms with E-state index in [0.717, 1.165) is 68.6 Å². The number of hydrogen-bond acceptors (Lipinski definition) is 3. The topological polar surface area (TPSA) is 30.5 Å². The summed E-state index contributed by atoms with van der Waals surface area (Å²) in [5.74, 6) is 0.165. The minimum Gasteiger partial charge on any atom is -0.487 e. The fourth-order valence-electron chi connectivity index (χ4n) is 4.87. The second kappa shape index (κ2) is 7.77. The molecule has 0 aromatic heterocycles. The van der Waals surface area contributed by atoms with Gasteiger partial charge in [0.1, 0.15) is 17.7 Å². The summed E-state index contributed by atoms with van der Waals surface area (Å²) in [6.45, 7) is 1.69. The quantitative estimate of drug-likeness (QED) is 0.678. The first-order chi connectivity index (χ1) is 14.1. The van der Waals surface area contributed by atoms with Crippen LogP contribution in [0.3, 0.4) is 0 Å². The van der Waals surface area contributed by atoms with Gasteiger partial charge in [0.2, 0.25) is 0 Å². The Morgan fingerprint density at radius 1 is 1.00 bits per heavy atom. The van der Waals surface area contributed by atoms with Crippen molar-refractivity contribution < 1.29 is 18.3 Å². The van der Waals surface area contributed by atoms with Crippen LogP contribution >= 0.6 is 11.6 Å². The maximum Gasteiger partial charge on any atom is 0.165 e. The molecule has 6 heteroatoms. The van der Waals surface area contributed by atoms with Crippen molar-refractivity contribution in [2.45, 2.75) is 56.7 Å². The summed E-state index contributed by atoms with van der Waals surface area (Å²) >= 11 is 5.82. The van der Waals surface area contributed by atoms with Crippen LogP contribution in [0.4, 0.5) is 8.78 Å². The van der Waals surface area contributed by atoms with Crippen molar-refractivity contribution in [2.75, 3.05) is 13.1 Å². The van der Waals surface area contributed by atoms with Gasteiger partial charge in [0.25, 0.3) is 0 Å². The van der Waals surface area contributed by atoms with Crippen LogP contribution in [0, 0.1) is 11.6 Å². The van der Waals surface area contributed by atoms with Gasteiger partial charge in [0, 0.05) is 23.0 Å². The smallest absolute Gasteiger partial charge is 0.165 e. The maximum absolute atomic E-state index is 14.7. The first-order valence-corrected chi connectivity index (χ1v) is 10.8. The highest BCUT2D eigenvalue weighted by Crippen LogP contribution is 2.49. The van der Waals surface area contributed by atoms with E-state index in [1.165, 1.54) is 6.42 Å². The monoisotopic (exact) mass is 419 g/mol. The molecule has 2 atom stereocenters. The summed E-state index contributed by atoms with van der Waals surface area (Å²) in [4.78, 5) is 0. The van der Waals surface area contributed by atoms with E-state index in [1.807, 2.05) is 6.07 Å². The predicted octanol–water partition coefficient (Wildman–Crippen LogP) is 5.83. The number of hydrogen-bond donors (Lipinski definition) is 1. The molecule has 2 aromatic carbocycles. The summed E-state index contributed by atoms with van der Waals surface area (Å²) < 4.78 is 42.0. The number of ether oxygens (including phenoxy) is 2. The van der Waals surface area contributed by atoms with Crippen LogP contribution in [-0.4, -0.2) is 25.3 Å². The molecule has 1 saturated carbocycles. The molecule has 2 heterocycles. The van der Waals surface area contributed by atoms with Gasteiger partial charge in [0.15, 0.2) is 11.5 Å². The van der Waals surface area contributed by atoms with Gasteiger partial charge in [-0.2, -0.15) is 0 Å². The molecule has 1 saturated heterocycles. The molecular formula is C23H24ClF2NO2. The highest BCUT2D eigenvalue weighted by atomic mass is 35.5. The average Bonchev–Trinajstić information content (AvgIpc) is 3.07. The van der Waals surface area contributed by atoms with Crippen molar-refractivity contribution in [3.05, 3.63) is 46.5 Å². The highest BCUT2D eigenvalue weighted by Gasteiger charge is 2.39. The molecule has 0 spiro atoms. The summed E-state index contributed by atoms with van der Waals surface area (Å²) in [6.07, 6.45) is 6.61. The third-order valence-corrected chi connectivity index (χ3v) is 6.53. The second-order valence-corrected chi connectivity index (χ2v) is 8.71. The van der Waals surface area contributed by atoms with E-state index in [0.29, 0.717) is 11.3 Å². The molecule has 0 bridgehead atoms. The molecule has 3 nitrogen and oxygen atoms in total. The summed E-state index contributed by atoms with van der Waals surface area (Å²) in [6, 6.07) is 5.89. The third-order valence-electron chi connectivity index (χ3n) is 6.31. The van der Waals surface area contributed by atoms with Gasteiger partial charge in [-0.15, -0.1) is 0 Å². The van der Waals surface area contributed by atoms with Gasteiger partial charge in [-0.3, -0.25) is 0 Å². The number of benzene rings is 2. The van der Waals surface area contributed by atoms with Gasteiger partial charge in [-0.25, -0.2) is 8.78 Å². The molecule has 154 valence electrons. The van der Waals surface area contributed by atoms with Crippen molar-refractivity contribution in [3.8, 4) is 22.6 Å². The molecule has 29 heavy (non-hydrogen) atoms. The molecule has 1 N–H and O–H groups in total. The predicted molar refractivity (Wildman–Crippen MR) is 109 cm³/mol. The molecular weight excluding hydrogens is 396 g/mol. The van der Waals surface area contributed by atoms with Crippen LogP contribution < -0.4 is 14.8 Å². The van der Waals surface area contributed by atoms with Gasteiger partial charge in [-0.05, 0) is 68.5 Å². The molecule has 0 amide bonds.